The van der Waals surface area contributed by atoms with E-state index < -0.39 is 0 Å². The van der Waals surface area contributed by atoms with E-state index in [9.17, 15) is 4.79 Å². The number of carbonyl (C=O) groups excluding carboxylic acids is 1. The van der Waals surface area contributed by atoms with E-state index in [-0.39, 0.29) is 24.8 Å². The fraction of sp³-hybridized carbons (Fsp3) is 0.611. The van der Waals surface area contributed by atoms with Crippen LogP contribution in [-0.4, -0.2) is 39.1 Å². The number of amides is 1. The van der Waals surface area contributed by atoms with Crippen molar-refractivity contribution in [2.24, 2.45) is 5.92 Å². The normalized spacial score (nSPS) is 23.7. The molecule has 0 N–H and O–H groups in total. The van der Waals surface area contributed by atoms with Crippen LogP contribution in [0.1, 0.15) is 32.1 Å². The Labute approximate surface area is 137 Å². The second-order valence-electron chi connectivity index (χ2n) is 6.34. The van der Waals surface area contributed by atoms with Gasteiger partial charge in [0.1, 0.15) is 12.5 Å². The molecule has 0 aromatic heterocycles. The zero-order valence-electron chi connectivity index (χ0n) is 13.9. The lowest BCUT2D eigenvalue weighted by Gasteiger charge is -2.46. The van der Waals surface area contributed by atoms with Gasteiger partial charge >= 0.3 is 0 Å². The maximum Gasteiger partial charge on any atom is 0.258 e. The maximum atomic E-state index is 12.5. The molecule has 2 aliphatic rings. The summed E-state index contributed by atoms with van der Waals surface area (Å²) in [6.07, 6.45) is 5.74. The summed E-state index contributed by atoms with van der Waals surface area (Å²) in [7, 11) is 3.21. The minimum atomic E-state index is -0.378. The number of hydrogen-bond acceptors (Lipinski definition) is 4. The van der Waals surface area contributed by atoms with Gasteiger partial charge in [-0.3, -0.25) is 4.79 Å². The summed E-state index contributed by atoms with van der Waals surface area (Å²) in [6, 6.07) is 7.72. The molecular weight excluding hydrogens is 294 g/mol. The molecule has 1 saturated heterocycles. The molecule has 0 radical (unpaired) electrons. The largest absolute Gasteiger partial charge is 0.497 e. The van der Waals surface area contributed by atoms with Crippen molar-refractivity contribution in [3.63, 3.8) is 0 Å². The quantitative estimate of drug-likeness (QED) is 0.518. The van der Waals surface area contributed by atoms with E-state index in [0.29, 0.717) is 0 Å². The Balaban J connectivity index is 1.65. The summed E-state index contributed by atoms with van der Waals surface area (Å²) in [5.41, 5.74) is 0.907. The predicted molar refractivity (Wildman–Crippen MR) is 87.6 cm³/mol. The summed E-state index contributed by atoms with van der Waals surface area (Å²) in [5, 5.41) is 0. The highest BCUT2D eigenvalue weighted by molar-refractivity contribution is 6.04. The number of benzene rings is 1. The first kappa shape index (κ1) is 16.3. The average molecular weight is 319 g/mol. The molecule has 0 bridgehead atoms. The van der Waals surface area contributed by atoms with Crippen molar-refractivity contribution in [1.82, 2.24) is 0 Å². The summed E-state index contributed by atoms with van der Waals surface area (Å²) < 4.78 is 15.7. The molecule has 1 aliphatic carbocycles. The van der Waals surface area contributed by atoms with E-state index >= 15 is 0 Å². The van der Waals surface area contributed by atoms with E-state index in [4.69, 9.17) is 14.2 Å². The second-order valence-corrected chi connectivity index (χ2v) is 6.34. The van der Waals surface area contributed by atoms with Gasteiger partial charge in [-0.1, -0.05) is 25.7 Å². The number of ether oxygens (including phenoxy) is 3. The molecule has 1 aromatic carbocycles. The molecule has 2 fully saturated rings. The van der Waals surface area contributed by atoms with Crippen molar-refractivity contribution in [2.45, 2.75) is 44.2 Å². The van der Waals surface area contributed by atoms with Crippen molar-refractivity contribution < 1.29 is 19.0 Å². The van der Waals surface area contributed by atoms with Crippen LogP contribution in [0.15, 0.2) is 24.3 Å². The number of carbonyl (C=O) groups is 1. The van der Waals surface area contributed by atoms with Gasteiger partial charge in [-0.15, -0.1) is 0 Å². The van der Waals surface area contributed by atoms with Crippen LogP contribution >= 0.6 is 0 Å². The molecule has 1 aliphatic heterocycles. The number of β-lactam (4-membered cyclic amide) rings is 1. The van der Waals surface area contributed by atoms with E-state index in [1.807, 2.05) is 29.2 Å². The highest BCUT2D eigenvalue weighted by atomic mass is 16.7. The molecule has 1 heterocycles. The standard InChI is InChI=1S/C18H25NO4/c1-21-12-23-17-16(5-3-4-13-6-7-13)19(18(17)20)14-8-10-15(22-2)11-9-14/h8-11,13,16-17H,3-7,12H2,1-2H3/t16-,17+/m0/s1. The first-order chi connectivity index (χ1) is 11.2. The molecule has 2 atom stereocenters. The van der Waals surface area contributed by atoms with Crippen molar-refractivity contribution in [3.05, 3.63) is 24.3 Å². The third kappa shape index (κ3) is 3.67. The molecule has 1 aromatic rings. The predicted octanol–water partition coefficient (Wildman–Crippen LogP) is 2.98. The lowest BCUT2D eigenvalue weighted by Crippen LogP contribution is -2.66. The first-order valence-electron chi connectivity index (χ1n) is 8.32. The Bertz CT molecular complexity index is 526. The van der Waals surface area contributed by atoms with Crippen LogP contribution in [0.4, 0.5) is 5.69 Å². The third-order valence-electron chi connectivity index (χ3n) is 4.69. The fourth-order valence-corrected chi connectivity index (χ4v) is 3.21. The number of nitrogens with zero attached hydrogens (tertiary/aromatic N) is 1. The molecule has 5 heteroatoms. The van der Waals surface area contributed by atoms with Crippen LogP contribution in [0.25, 0.3) is 0 Å². The molecule has 0 unspecified atom stereocenters. The number of hydrogen-bond donors (Lipinski definition) is 0. The molecule has 126 valence electrons. The van der Waals surface area contributed by atoms with Gasteiger partial charge in [0.2, 0.25) is 0 Å². The summed E-state index contributed by atoms with van der Waals surface area (Å²) in [6.45, 7) is 0.159. The first-order valence-corrected chi connectivity index (χ1v) is 8.32. The van der Waals surface area contributed by atoms with Gasteiger partial charge in [-0.25, -0.2) is 0 Å². The Morgan fingerprint density at radius 2 is 1.87 bits per heavy atom. The minimum absolute atomic E-state index is 0.0173. The van der Waals surface area contributed by atoms with Crippen LogP contribution in [-0.2, 0) is 14.3 Å². The summed E-state index contributed by atoms with van der Waals surface area (Å²) in [5.74, 6) is 1.72. The van der Waals surface area contributed by atoms with E-state index in [1.54, 1.807) is 14.2 Å². The molecule has 5 nitrogen and oxygen atoms in total. The van der Waals surface area contributed by atoms with E-state index in [1.165, 1.54) is 19.3 Å². The molecule has 3 rings (SSSR count). The Morgan fingerprint density at radius 3 is 2.48 bits per heavy atom. The lowest BCUT2D eigenvalue weighted by atomic mass is 9.91. The highest BCUT2D eigenvalue weighted by Crippen LogP contribution is 2.37. The molecular formula is C18H25NO4. The monoisotopic (exact) mass is 319 g/mol. The lowest BCUT2D eigenvalue weighted by molar-refractivity contribution is -0.154. The molecule has 0 spiro atoms. The van der Waals surface area contributed by atoms with E-state index in [2.05, 4.69) is 0 Å². The van der Waals surface area contributed by atoms with Gasteiger partial charge in [0.15, 0.2) is 6.10 Å². The van der Waals surface area contributed by atoms with Crippen molar-refractivity contribution in [2.75, 3.05) is 25.9 Å². The van der Waals surface area contributed by atoms with Gasteiger partial charge in [0.25, 0.3) is 5.91 Å². The second kappa shape index (κ2) is 7.32. The van der Waals surface area contributed by atoms with Gasteiger partial charge in [-0.2, -0.15) is 0 Å². The SMILES string of the molecule is COCO[C@H]1C(=O)N(c2ccc(OC)cc2)[C@H]1CCCC1CC1. The maximum absolute atomic E-state index is 12.5. The fourth-order valence-electron chi connectivity index (χ4n) is 3.21. The Morgan fingerprint density at radius 1 is 1.13 bits per heavy atom. The van der Waals surface area contributed by atoms with Crippen LogP contribution in [0.3, 0.4) is 0 Å². The zero-order valence-corrected chi connectivity index (χ0v) is 13.9. The van der Waals surface area contributed by atoms with Crippen LogP contribution < -0.4 is 9.64 Å². The van der Waals surface area contributed by atoms with Crippen LogP contribution in [0.2, 0.25) is 0 Å². The van der Waals surface area contributed by atoms with Gasteiger partial charge < -0.3 is 19.1 Å². The van der Waals surface area contributed by atoms with Crippen LogP contribution in [0, 0.1) is 5.92 Å². The van der Waals surface area contributed by atoms with Crippen molar-refractivity contribution >= 4 is 11.6 Å². The van der Waals surface area contributed by atoms with Gasteiger partial charge in [-0.05, 0) is 36.6 Å². The smallest absolute Gasteiger partial charge is 0.258 e. The third-order valence-corrected chi connectivity index (χ3v) is 4.69. The average Bonchev–Trinajstić information content (AvgIpc) is 3.39. The summed E-state index contributed by atoms with van der Waals surface area (Å²) in [4.78, 5) is 14.3. The molecule has 23 heavy (non-hydrogen) atoms. The number of anilines is 1. The zero-order chi connectivity index (χ0) is 16.2. The molecule has 1 saturated carbocycles. The van der Waals surface area contributed by atoms with Crippen molar-refractivity contribution in [1.29, 1.82) is 0 Å². The van der Waals surface area contributed by atoms with Gasteiger partial charge in [0.05, 0.1) is 13.2 Å². The highest BCUT2D eigenvalue weighted by Gasteiger charge is 2.48. The number of rotatable bonds is 9. The Hall–Kier alpha value is -1.59. The number of methoxy groups -OCH3 is 2. The summed E-state index contributed by atoms with van der Waals surface area (Å²) >= 11 is 0. The van der Waals surface area contributed by atoms with Gasteiger partial charge in [0, 0.05) is 12.8 Å². The Kier molecular flexibility index (Phi) is 5.18. The van der Waals surface area contributed by atoms with E-state index in [0.717, 1.165) is 30.2 Å². The topological polar surface area (TPSA) is 48.0 Å². The minimum Gasteiger partial charge on any atom is -0.497 e. The van der Waals surface area contributed by atoms with Crippen molar-refractivity contribution in [3.8, 4) is 5.75 Å². The van der Waals surface area contributed by atoms with Crippen LogP contribution in [0.5, 0.6) is 5.75 Å². The molecule has 1 amide bonds.